The molecule has 96 valence electrons. The largest absolute Gasteiger partial charge is 0.504 e. The molecule has 18 heavy (non-hydrogen) atoms. The van der Waals surface area contributed by atoms with E-state index in [9.17, 15) is 10.2 Å². The minimum absolute atomic E-state index is 0.134. The first kappa shape index (κ1) is 12.8. The van der Waals surface area contributed by atoms with Crippen LogP contribution in [0, 0.1) is 0 Å². The summed E-state index contributed by atoms with van der Waals surface area (Å²) in [4.78, 5) is 0. The summed E-state index contributed by atoms with van der Waals surface area (Å²) in [5, 5.41) is 31.8. The van der Waals surface area contributed by atoms with Gasteiger partial charge in [0.05, 0.1) is 6.04 Å². The van der Waals surface area contributed by atoms with Crippen molar-refractivity contribution >= 4 is 11.3 Å². The number of hydrogen-bond acceptors (Lipinski definition) is 6. The van der Waals surface area contributed by atoms with E-state index in [0.29, 0.717) is 0 Å². The van der Waals surface area contributed by atoms with Crippen LogP contribution in [-0.4, -0.2) is 27.5 Å². The molecule has 0 fully saturated rings. The van der Waals surface area contributed by atoms with Gasteiger partial charge in [-0.2, -0.15) is 0 Å². The van der Waals surface area contributed by atoms with Crippen LogP contribution in [0.2, 0.25) is 0 Å². The molecule has 0 bridgehead atoms. The van der Waals surface area contributed by atoms with Gasteiger partial charge in [0, 0.05) is 5.56 Å². The smallest absolute Gasteiger partial charge is 0.158 e. The summed E-state index contributed by atoms with van der Waals surface area (Å²) in [5.74, 6) is -0.282. The van der Waals surface area contributed by atoms with Crippen molar-refractivity contribution in [2.24, 2.45) is 0 Å². The molecular weight excluding hydrogens is 250 g/mol. The molecule has 0 spiro atoms. The van der Waals surface area contributed by atoms with Gasteiger partial charge in [-0.3, -0.25) is 0 Å². The van der Waals surface area contributed by atoms with E-state index in [1.165, 1.54) is 23.5 Å². The van der Waals surface area contributed by atoms with E-state index < -0.39 is 0 Å². The molecule has 0 amide bonds. The molecule has 1 unspecified atom stereocenters. The van der Waals surface area contributed by atoms with Crippen LogP contribution in [0.4, 0.5) is 0 Å². The van der Waals surface area contributed by atoms with Gasteiger partial charge < -0.3 is 15.5 Å². The van der Waals surface area contributed by atoms with E-state index in [2.05, 4.69) is 22.4 Å². The number of phenols is 2. The lowest BCUT2D eigenvalue weighted by atomic mass is 10.2. The predicted octanol–water partition coefficient (Wildman–Crippen LogP) is 2.29. The Hall–Kier alpha value is -1.66. The summed E-state index contributed by atoms with van der Waals surface area (Å²) in [7, 11) is 1.89. The second-order valence-electron chi connectivity index (χ2n) is 3.90. The van der Waals surface area contributed by atoms with Crippen molar-refractivity contribution in [1.82, 2.24) is 15.5 Å². The van der Waals surface area contributed by atoms with Gasteiger partial charge in [0.2, 0.25) is 0 Å². The average molecular weight is 265 g/mol. The number of rotatable bonds is 4. The first-order valence-corrected chi connectivity index (χ1v) is 6.50. The maximum atomic E-state index is 9.46. The Labute approximate surface area is 109 Å². The lowest BCUT2D eigenvalue weighted by Gasteiger charge is -2.08. The second kappa shape index (κ2) is 5.32. The topological polar surface area (TPSA) is 78.3 Å². The molecular formula is C12H15N3O2S. The fraction of sp³-hybridized carbons (Fsp3) is 0.333. The number of aromatic hydroxyl groups is 2. The molecule has 1 heterocycles. The number of nitrogens with one attached hydrogen (secondary N) is 1. The fourth-order valence-corrected chi connectivity index (χ4v) is 2.68. The molecule has 1 atom stereocenters. The van der Waals surface area contributed by atoms with Crippen LogP contribution in [0.3, 0.4) is 0 Å². The highest BCUT2D eigenvalue weighted by Gasteiger charge is 2.14. The first-order valence-electron chi connectivity index (χ1n) is 5.68. The van der Waals surface area contributed by atoms with Crippen molar-refractivity contribution in [3.8, 4) is 22.1 Å². The molecule has 1 aromatic heterocycles. The standard InChI is InChI=1S/C12H15N3O2S/c1-3-8(13-2)12-15-14-11(18-12)7-4-5-9(16)10(17)6-7/h4-6,8,13,16-17H,3H2,1-2H3. The van der Waals surface area contributed by atoms with E-state index in [0.717, 1.165) is 22.0 Å². The molecule has 0 saturated heterocycles. The Balaban J connectivity index is 2.31. The summed E-state index contributed by atoms with van der Waals surface area (Å²) in [6.45, 7) is 2.08. The van der Waals surface area contributed by atoms with Crippen molar-refractivity contribution in [3.05, 3.63) is 23.2 Å². The minimum atomic E-state index is -0.148. The van der Waals surface area contributed by atoms with E-state index >= 15 is 0 Å². The van der Waals surface area contributed by atoms with Gasteiger partial charge in [0.25, 0.3) is 0 Å². The molecule has 1 aromatic carbocycles. The van der Waals surface area contributed by atoms with Crippen molar-refractivity contribution < 1.29 is 10.2 Å². The second-order valence-corrected chi connectivity index (χ2v) is 4.91. The normalized spacial score (nSPS) is 12.6. The zero-order chi connectivity index (χ0) is 13.1. The highest BCUT2D eigenvalue weighted by atomic mass is 32.1. The summed E-state index contributed by atoms with van der Waals surface area (Å²) >= 11 is 1.48. The molecule has 2 aromatic rings. The quantitative estimate of drug-likeness (QED) is 0.739. The molecule has 3 N–H and O–H groups in total. The summed E-state index contributed by atoms with van der Waals surface area (Å²) < 4.78 is 0. The maximum Gasteiger partial charge on any atom is 0.158 e. The minimum Gasteiger partial charge on any atom is -0.504 e. The first-order chi connectivity index (χ1) is 8.65. The number of phenolic OH excluding ortho intramolecular Hbond substituents is 2. The van der Waals surface area contributed by atoms with Gasteiger partial charge in [-0.25, -0.2) is 0 Å². The lowest BCUT2D eigenvalue weighted by Crippen LogP contribution is -2.14. The average Bonchev–Trinajstić information content (AvgIpc) is 2.84. The van der Waals surface area contributed by atoms with E-state index in [4.69, 9.17) is 0 Å². The van der Waals surface area contributed by atoms with Crippen LogP contribution >= 0.6 is 11.3 Å². The van der Waals surface area contributed by atoms with Crippen molar-refractivity contribution in [2.75, 3.05) is 7.05 Å². The zero-order valence-corrected chi connectivity index (χ0v) is 11.0. The molecule has 0 aliphatic carbocycles. The Bertz CT molecular complexity index is 538. The van der Waals surface area contributed by atoms with Gasteiger partial charge in [0.15, 0.2) is 11.5 Å². The third-order valence-electron chi connectivity index (χ3n) is 2.72. The van der Waals surface area contributed by atoms with Crippen molar-refractivity contribution in [2.45, 2.75) is 19.4 Å². The molecule has 2 rings (SSSR count). The Kier molecular flexibility index (Phi) is 3.78. The fourth-order valence-electron chi connectivity index (χ4n) is 1.65. The summed E-state index contributed by atoms with van der Waals surface area (Å²) in [6, 6.07) is 4.84. The molecule has 0 aliphatic rings. The Morgan fingerprint density at radius 2 is 2.06 bits per heavy atom. The van der Waals surface area contributed by atoms with Gasteiger partial charge >= 0.3 is 0 Å². The van der Waals surface area contributed by atoms with Gasteiger partial charge in [-0.15, -0.1) is 10.2 Å². The summed E-state index contributed by atoms with van der Waals surface area (Å²) in [5.41, 5.74) is 0.750. The number of nitrogens with zero attached hydrogens (tertiary/aromatic N) is 2. The summed E-state index contributed by atoms with van der Waals surface area (Å²) in [6.07, 6.45) is 0.936. The molecule has 6 heteroatoms. The lowest BCUT2D eigenvalue weighted by molar-refractivity contribution is 0.404. The molecule has 0 radical (unpaired) electrons. The van der Waals surface area contributed by atoms with Crippen molar-refractivity contribution in [1.29, 1.82) is 0 Å². The predicted molar refractivity (Wildman–Crippen MR) is 70.8 cm³/mol. The number of aromatic nitrogens is 2. The monoisotopic (exact) mass is 265 g/mol. The molecule has 0 saturated carbocycles. The number of hydrogen-bond donors (Lipinski definition) is 3. The zero-order valence-electron chi connectivity index (χ0n) is 10.2. The van der Waals surface area contributed by atoms with Crippen LogP contribution in [0.25, 0.3) is 10.6 Å². The Morgan fingerprint density at radius 1 is 1.28 bits per heavy atom. The van der Waals surface area contributed by atoms with E-state index in [1.807, 2.05) is 7.05 Å². The third kappa shape index (κ3) is 2.44. The van der Waals surface area contributed by atoms with Crippen molar-refractivity contribution in [3.63, 3.8) is 0 Å². The van der Waals surface area contributed by atoms with Crippen LogP contribution in [-0.2, 0) is 0 Å². The van der Waals surface area contributed by atoms with Gasteiger partial charge in [-0.05, 0) is 31.7 Å². The van der Waals surface area contributed by atoms with E-state index in [-0.39, 0.29) is 17.5 Å². The molecule has 0 aliphatic heterocycles. The third-order valence-corrected chi connectivity index (χ3v) is 3.80. The highest BCUT2D eigenvalue weighted by Crippen LogP contribution is 2.33. The highest BCUT2D eigenvalue weighted by molar-refractivity contribution is 7.14. The van der Waals surface area contributed by atoms with Crippen LogP contribution in [0.1, 0.15) is 24.4 Å². The van der Waals surface area contributed by atoms with Gasteiger partial charge in [0.1, 0.15) is 10.0 Å². The Morgan fingerprint density at radius 3 is 2.67 bits per heavy atom. The molecule has 5 nitrogen and oxygen atoms in total. The van der Waals surface area contributed by atoms with Crippen LogP contribution < -0.4 is 5.32 Å². The SMILES string of the molecule is CCC(NC)c1nnc(-c2ccc(O)c(O)c2)s1. The van der Waals surface area contributed by atoms with Crippen LogP contribution in [0.15, 0.2) is 18.2 Å². The van der Waals surface area contributed by atoms with E-state index in [1.54, 1.807) is 6.07 Å². The maximum absolute atomic E-state index is 9.46. The number of benzene rings is 1. The van der Waals surface area contributed by atoms with Crippen LogP contribution in [0.5, 0.6) is 11.5 Å². The van der Waals surface area contributed by atoms with Gasteiger partial charge in [-0.1, -0.05) is 18.3 Å².